The number of rotatable bonds is 2. The maximum Gasteiger partial charge on any atom is 0.0322 e. The average molecular weight is 311 g/mol. The van der Waals surface area contributed by atoms with Crippen molar-refractivity contribution in [3.8, 4) is 0 Å². The summed E-state index contributed by atoms with van der Waals surface area (Å²) in [5.74, 6) is 0.566. The first-order valence-corrected chi connectivity index (χ1v) is 7.56. The average Bonchev–Trinajstić information content (AvgIpc) is 2.36. The Kier molecular flexibility index (Phi) is 4.46. The van der Waals surface area contributed by atoms with Crippen LogP contribution in [0.5, 0.6) is 0 Å². The van der Waals surface area contributed by atoms with Crippen molar-refractivity contribution in [1.82, 2.24) is 4.90 Å². The lowest BCUT2D eigenvalue weighted by Crippen LogP contribution is -2.52. The second-order valence-electron chi connectivity index (χ2n) is 5.52. The number of benzene rings is 1. The summed E-state index contributed by atoms with van der Waals surface area (Å²) in [4.78, 5) is 2.58. The quantitative estimate of drug-likeness (QED) is 0.905. The summed E-state index contributed by atoms with van der Waals surface area (Å²) < 4.78 is 1.14. The van der Waals surface area contributed by atoms with Crippen LogP contribution in [0, 0.1) is 5.92 Å². The molecule has 0 aromatic heterocycles. The van der Waals surface area contributed by atoms with Crippen molar-refractivity contribution in [2.45, 2.75) is 45.3 Å². The maximum atomic E-state index is 6.16. The summed E-state index contributed by atoms with van der Waals surface area (Å²) in [7, 11) is 0. The van der Waals surface area contributed by atoms with E-state index in [1.165, 1.54) is 5.56 Å². The molecule has 0 saturated carbocycles. The minimum absolute atomic E-state index is 0.355. The van der Waals surface area contributed by atoms with Gasteiger partial charge in [-0.05, 0) is 43.9 Å². The van der Waals surface area contributed by atoms with E-state index in [9.17, 15) is 0 Å². The smallest absolute Gasteiger partial charge is 0.0322 e. The van der Waals surface area contributed by atoms with E-state index in [-0.39, 0.29) is 0 Å². The van der Waals surface area contributed by atoms with E-state index in [0.29, 0.717) is 24.0 Å². The summed E-state index contributed by atoms with van der Waals surface area (Å²) in [6, 6.07) is 10.0. The molecule has 1 heterocycles. The van der Waals surface area contributed by atoms with Crippen molar-refractivity contribution in [2.75, 3.05) is 6.54 Å². The van der Waals surface area contributed by atoms with Crippen LogP contribution < -0.4 is 5.73 Å². The Bertz CT molecular complexity index is 390. The lowest BCUT2D eigenvalue weighted by atomic mass is 9.86. The highest BCUT2D eigenvalue weighted by atomic mass is 79.9. The van der Waals surface area contributed by atoms with Crippen LogP contribution >= 0.6 is 15.9 Å². The van der Waals surface area contributed by atoms with Gasteiger partial charge in [-0.2, -0.15) is 0 Å². The molecule has 4 unspecified atom stereocenters. The highest BCUT2D eigenvalue weighted by molar-refractivity contribution is 9.10. The third-order valence-electron chi connectivity index (χ3n) is 4.53. The van der Waals surface area contributed by atoms with Gasteiger partial charge in [-0.15, -0.1) is 0 Å². The van der Waals surface area contributed by atoms with Crippen LogP contribution in [0.2, 0.25) is 0 Å². The van der Waals surface area contributed by atoms with Gasteiger partial charge in [-0.3, -0.25) is 4.90 Å². The third kappa shape index (κ3) is 2.79. The fraction of sp³-hybridized carbons (Fsp3) is 0.600. The summed E-state index contributed by atoms with van der Waals surface area (Å²) in [5, 5.41) is 0. The molecule has 2 rings (SSSR count). The number of likely N-dealkylation sites (tertiary alicyclic amines) is 1. The molecule has 4 atom stereocenters. The molecule has 1 aromatic rings. The van der Waals surface area contributed by atoms with Crippen molar-refractivity contribution < 1.29 is 0 Å². The Labute approximate surface area is 119 Å². The van der Waals surface area contributed by atoms with E-state index < -0.39 is 0 Å². The van der Waals surface area contributed by atoms with Crippen LogP contribution in [-0.2, 0) is 0 Å². The molecule has 1 aromatic carbocycles. The van der Waals surface area contributed by atoms with Gasteiger partial charge in [0, 0.05) is 29.1 Å². The van der Waals surface area contributed by atoms with Gasteiger partial charge in [0.25, 0.3) is 0 Å². The Balaban J connectivity index is 2.13. The van der Waals surface area contributed by atoms with Crippen molar-refractivity contribution >= 4 is 15.9 Å². The van der Waals surface area contributed by atoms with E-state index in [1.807, 2.05) is 0 Å². The van der Waals surface area contributed by atoms with Crippen LogP contribution in [0.3, 0.4) is 0 Å². The second-order valence-corrected chi connectivity index (χ2v) is 6.43. The van der Waals surface area contributed by atoms with Gasteiger partial charge in [0.2, 0.25) is 0 Å². The lowest BCUT2D eigenvalue weighted by molar-refractivity contribution is 0.0626. The molecule has 1 aliphatic heterocycles. The second kappa shape index (κ2) is 5.72. The van der Waals surface area contributed by atoms with E-state index in [2.05, 4.69) is 65.9 Å². The molecule has 1 saturated heterocycles. The molecule has 0 spiro atoms. The Hall–Kier alpha value is -0.380. The molecule has 0 radical (unpaired) electrons. The number of halogens is 1. The van der Waals surface area contributed by atoms with Crippen LogP contribution in [0.4, 0.5) is 0 Å². The molecule has 18 heavy (non-hydrogen) atoms. The van der Waals surface area contributed by atoms with Gasteiger partial charge in [0.15, 0.2) is 0 Å². The predicted octanol–water partition coefficient (Wildman–Crippen LogP) is 3.57. The van der Waals surface area contributed by atoms with Crippen LogP contribution in [-0.4, -0.2) is 23.5 Å². The zero-order chi connectivity index (χ0) is 13.3. The SMILES string of the molecule is CC1C(N)CCN(C(C)c2ccc(Br)cc2)C1C. The van der Waals surface area contributed by atoms with E-state index in [4.69, 9.17) is 5.73 Å². The monoisotopic (exact) mass is 310 g/mol. The molecule has 3 heteroatoms. The van der Waals surface area contributed by atoms with Crippen molar-refractivity contribution in [1.29, 1.82) is 0 Å². The number of hydrogen-bond acceptors (Lipinski definition) is 2. The molecule has 0 amide bonds. The minimum Gasteiger partial charge on any atom is -0.327 e. The Morgan fingerprint density at radius 2 is 1.89 bits per heavy atom. The first-order valence-electron chi connectivity index (χ1n) is 6.77. The summed E-state index contributed by atoms with van der Waals surface area (Å²) >= 11 is 3.49. The number of piperidine rings is 1. The number of hydrogen-bond donors (Lipinski definition) is 1. The van der Waals surface area contributed by atoms with Gasteiger partial charge in [0.05, 0.1) is 0 Å². The van der Waals surface area contributed by atoms with E-state index in [0.717, 1.165) is 17.4 Å². The van der Waals surface area contributed by atoms with Crippen LogP contribution in [0.25, 0.3) is 0 Å². The lowest BCUT2D eigenvalue weighted by Gasteiger charge is -2.44. The fourth-order valence-electron chi connectivity index (χ4n) is 2.90. The van der Waals surface area contributed by atoms with Crippen molar-refractivity contribution in [2.24, 2.45) is 11.7 Å². The highest BCUT2D eigenvalue weighted by Gasteiger charge is 2.33. The van der Waals surface area contributed by atoms with E-state index in [1.54, 1.807) is 0 Å². The number of nitrogens with two attached hydrogens (primary N) is 1. The molecular weight excluding hydrogens is 288 g/mol. The zero-order valence-corrected chi connectivity index (χ0v) is 13.0. The largest absolute Gasteiger partial charge is 0.327 e. The molecule has 1 aliphatic rings. The van der Waals surface area contributed by atoms with E-state index >= 15 is 0 Å². The first kappa shape index (κ1) is 14.0. The third-order valence-corrected chi connectivity index (χ3v) is 5.06. The highest BCUT2D eigenvalue weighted by Crippen LogP contribution is 2.31. The molecular formula is C15H23BrN2. The van der Waals surface area contributed by atoms with Crippen molar-refractivity contribution in [3.63, 3.8) is 0 Å². The zero-order valence-electron chi connectivity index (χ0n) is 11.4. The molecule has 2 N–H and O–H groups in total. The Morgan fingerprint density at radius 3 is 2.50 bits per heavy atom. The normalized spacial score (nSPS) is 31.3. The maximum absolute atomic E-state index is 6.16. The van der Waals surface area contributed by atoms with Gasteiger partial charge >= 0.3 is 0 Å². The first-order chi connectivity index (χ1) is 8.50. The standard InChI is InChI=1S/C15H23BrN2/c1-10-11(2)18(9-8-15(10)17)12(3)13-4-6-14(16)7-5-13/h4-7,10-12,15H,8-9,17H2,1-3H3. The molecule has 2 nitrogen and oxygen atoms in total. The van der Waals surface area contributed by atoms with Crippen LogP contribution in [0.1, 0.15) is 38.8 Å². The molecule has 100 valence electrons. The van der Waals surface area contributed by atoms with Gasteiger partial charge < -0.3 is 5.73 Å². The molecule has 1 fully saturated rings. The minimum atomic E-state index is 0.355. The predicted molar refractivity (Wildman–Crippen MR) is 80.5 cm³/mol. The topological polar surface area (TPSA) is 29.3 Å². The van der Waals surface area contributed by atoms with Gasteiger partial charge in [0.1, 0.15) is 0 Å². The fourth-order valence-corrected chi connectivity index (χ4v) is 3.17. The molecule has 0 bridgehead atoms. The number of nitrogens with zero attached hydrogens (tertiary/aromatic N) is 1. The van der Waals surface area contributed by atoms with Gasteiger partial charge in [-0.25, -0.2) is 0 Å². The van der Waals surface area contributed by atoms with Crippen LogP contribution in [0.15, 0.2) is 28.7 Å². The van der Waals surface area contributed by atoms with Gasteiger partial charge in [-0.1, -0.05) is 35.0 Å². The Morgan fingerprint density at radius 1 is 1.28 bits per heavy atom. The molecule has 0 aliphatic carbocycles. The summed E-state index contributed by atoms with van der Waals surface area (Å²) in [6.45, 7) is 7.97. The summed E-state index contributed by atoms with van der Waals surface area (Å²) in [5.41, 5.74) is 7.54. The van der Waals surface area contributed by atoms with Crippen molar-refractivity contribution in [3.05, 3.63) is 34.3 Å². The summed E-state index contributed by atoms with van der Waals surface area (Å²) in [6.07, 6.45) is 1.10.